The van der Waals surface area contributed by atoms with Crippen molar-refractivity contribution in [2.24, 2.45) is 0 Å². The third-order valence-electron chi connectivity index (χ3n) is 3.60. The SMILES string of the molecule is CC1NCCC1c1nc(Cc2ccc(Cl)cc2)no1. The molecule has 1 aliphatic rings. The van der Waals surface area contributed by atoms with E-state index in [0.29, 0.717) is 18.4 Å². The lowest BCUT2D eigenvalue weighted by molar-refractivity contribution is 0.342. The average molecular weight is 278 g/mol. The van der Waals surface area contributed by atoms with Gasteiger partial charge in [0, 0.05) is 17.5 Å². The monoisotopic (exact) mass is 277 g/mol. The van der Waals surface area contributed by atoms with Gasteiger partial charge in [0.15, 0.2) is 5.82 Å². The van der Waals surface area contributed by atoms with Crippen molar-refractivity contribution in [3.05, 3.63) is 46.6 Å². The normalized spacial score (nSPS) is 22.8. The Kier molecular flexibility index (Phi) is 3.53. The molecule has 1 aromatic heterocycles. The molecule has 2 unspecified atom stereocenters. The summed E-state index contributed by atoms with van der Waals surface area (Å²) in [5.41, 5.74) is 1.13. The summed E-state index contributed by atoms with van der Waals surface area (Å²) in [6, 6.07) is 8.13. The molecule has 1 aliphatic heterocycles. The predicted octanol–water partition coefficient (Wildman–Crippen LogP) is 2.78. The van der Waals surface area contributed by atoms with Crippen molar-refractivity contribution in [1.29, 1.82) is 0 Å². The fourth-order valence-electron chi connectivity index (χ4n) is 2.47. The molecule has 0 amide bonds. The number of nitrogens with zero attached hydrogens (tertiary/aromatic N) is 2. The minimum absolute atomic E-state index is 0.339. The van der Waals surface area contributed by atoms with E-state index in [0.717, 1.165) is 35.3 Å². The third-order valence-corrected chi connectivity index (χ3v) is 3.85. The summed E-state index contributed by atoms with van der Waals surface area (Å²) in [5.74, 6) is 1.82. The van der Waals surface area contributed by atoms with Crippen LogP contribution in [0.2, 0.25) is 5.02 Å². The summed E-state index contributed by atoms with van der Waals surface area (Å²) < 4.78 is 5.39. The van der Waals surface area contributed by atoms with Gasteiger partial charge in [-0.2, -0.15) is 4.98 Å². The Hall–Kier alpha value is -1.39. The van der Waals surface area contributed by atoms with Crippen molar-refractivity contribution in [1.82, 2.24) is 15.5 Å². The van der Waals surface area contributed by atoms with Gasteiger partial charge >= 0.3 is 0 Å². The van der Waals surface area contributed by atoms with Crippen molar-refractivity contribution in [3.8, 4) is 0 Å². The molecule has 1 fully saturated rings. The van der Waals surface area contributed by atoms with Crippen molar-refractivity contribution >= 4 is 11.6 Å². The summed E-state index contributed by atoms with van der Waals surface area (Å²) in [5, 5.41) is 8.20. The fraction of sp³-hybridized carbons (Fsp3) is 0.429. The Morgan fingerprint density at radius 1 is 1.37 bits per heavy atom. The minimum Gasteiger partial charge on any atom is -0.339 e. The number of nitrogens with one attached hydrogen (secondary N) is 1. The zero-order valence-electron chi connectivity index (χ0n) is 10.8. The van der Waals surface area contributed by atoms with Crippen molar-refractivity contribution in [2.45, 2.75) is 31.7 Å². The summed E-state index contributed by atoms with van der Waals surface area (Å²) in [6.45, 7) is 3.17. The van der Waals surface area contributed by atoms with Crippen LogP contribution < -0.4 is 5.32 Å². The van der Waals surface area contributed by atoms with Gasteiger partial charge in [0.05, 0.1) is 5.92 Å². The molecule has 100 valence electrons. The number of aromatic nitrogens is 2. The Morgan fingerprint density at radius 2 is 2.16 bits per heavy atom. The largest absolute Gasteiger partial charge is 0.339 e. The first-order valence-corrected chi connectivity index (χ1v) is 6.90. The summed E-state index contributed by atoms with van der Waals surface area (Å²) in [4.78, 5) is 4.51. The number of hydrogen-bond acceptors (Lipinski definition) is 4. The maximum absolute atomic E-state index is 5.86. The highest BCUT2D eigenvalue weighted by molar-refractivity contribution is 6.30. The van der Waals surface area contributed by atoms with Crippen molar-refractivity contribution < 1.29 is 4.52 Å². The van der Waals surface area contributed by atoms with Gasteiger partial charge in [0.2, 0.25) is 5.89 Å². The first-order chi connectivity index (χ1) is 9.22. The quantitative estimate of drug-likeness (QED) is 0.937. The second-order valence-electron chi connectivity index (χ2n) is 4.99. The first kappa shape index (κ1) is 12.6. The molecule has 1 aromatic carbocycles. The highest BCUT2D eigenvalue weighted by Gasteiger charge is 2.29. The van der Waals surface area contributed by atoms with Crippen LogP contribution in [0.4, 0.5) is 0 Å². The number of hydrogen-bond donors (Lipinski definition) is 1. The summed E-state index contributed by atoms with van der Waals surface area (Å²) in [7, 11) is 0. The van der Waals surface area contributed by atoms with E-state index < -0.39 is 0 Å². The molecule has 2 atom stereocenters. The second-order valence-corrected chi connectivity index (χ2v) is 5.43. The Labute approximate surface area is 117 Å². The summed E-state index contributed by atoms with van der Waals surface area (Å²) in [6.07, 6.45) is 1.74. The van der Waals surface area contributed by atoms with Gasteiger partial charge < -0.3 is 9.84 Å². The van der Waals surface area contributed by atoms with E-state index >= 15 is 0 Å². The molecule has 2 aromatic rings. The molecular formula is C14H16ClN3O. The fourth-order valence-corrected chi connectivity index (χ4v) is 2.60. The number of benzene rings is 1. The van der Waals surface area contributed by atoms with Crippen LogP contribution in [-0.2, 0) is 6.42 Å². The molecular weight excluding hydrogens is 262 g/mol. The van der Waals surface area contributed by atoms with Gasteiger partial charge in [-0.15, -0.1) is 0 Å². The van der Waals surface area contributed by atoms with Crippen LogP contribution in [0, 0.1) is 0 Å². The predicted molar refractivity (Wildman–Crippen MR) is 73.4 cm³/mol. The standard InChI is InChI=1S/C14H16ClN3O/c1-9-12(6-7-16-9)14-17-13(18-19-14)8-10-2-4-11(15)5-3-10/h2-5,9,12,16H,6-8H2,1H3. The molecule has 4 nitrogen and oxygen atoms in total. The van der Waals surface area contributed by atoms with Crippen LogP contribution in [0.5, 0.6) is 0 Å². The topological polar surface area (TPSA) is 51.0 Å². The average Bonchev–Trinajstić information content (AvgIpc) is 3.01. The molecule has 0 radical (unpaired) electrons. The van der Waals surface area contributed by atoms with Crippen molar-refractivity contribution in [3.63, 3.8) is 0 Å². The van der Waals surface area contributed by atoms with Gasteiger partial charge in [0.1, 0.15) is 0 Å². The zero-order valence-corrected chi connectivity index (χ0v) is 11.5. The molecule has 0 spiro atoms. The van der Waals surface area contributed by atoms with Crippen LogP contribution in [-0.4, -0.2) is 22.7 Å². The van der Waals surface area contributed by atoms with Gasteiger partial charge in [-0.3, -0.25) is 0 Å². The van der Waals surface area contributed by atoms with E-state index in [1.165, 1.54) is 0 Å². The molecule has 0 saturated carbocycles. The van der Waals surface area contributed by atoms with E-state index in [4.69, 9.17) is 16.1 Å². The van der Waals surface area contributed by atoms with E-state index in [2.05, 4.69) is 22.4 Å². The molecule has 2 heterocycles. The van der Waals surface area contributed by atoms with Gasteiger partial charge in [-0.05, 0) is 37.6 Å². The van der Waals surface area contributed by atoms with E-state index in [9.17, 15) is 0 Å². The lowest BCUT2D eigenvalue weighted by Gasteiger charge is -2.08. The Bertz CT molecular complexity index is 552. The molecule has 1 N–H and O–H groups in total. The van der Waals surface area contributed by atoms with Crippen molar-refractivity contribution in [2.75, 3.05) is 6.54 Å². The van der Waals surface area contributed by atoms with Crippen LogP contribution in [0.3, 0.4) is 0 Å². The highest BCUT2D eigenvalue weighted by Crippen LogP contribution is 2.26. The summed E-state index contributed by atoms with van der Waals surface area (Å²) >= 11 is 5.86. The Morgan fingerprint density at radius 3 is 2.84 bits per heavy atom. The van der Waals surface area contributed by atoms with Gasteiger partial charge in [0.25, 0.3) is 0 Å². The van der Waals surface area contributed by atoms with Crippen LogP contribution in [0.15, 0.2) is 28.8 Å². The highest BCUT2D eigenvalue weighted by atomic mass is 35.5. The third kappa shape index (κ3) is 2.80. The van der Waals surface area contributed by atoms with Crippen LogP contribution in [0.1, 0.15) is 36.5 Å². The van der Waals surface area contributed by atoms with E-state index in [1.54, 1.807) is 0 Å². The molecule has 19 heavy (non-hydrogen) atoms. The lowest BCUT2D eigenvalue weighted by Crippen LogP contribution is -2.21. The molecule has 5 heteroatoms. The smallest absolute Gasteiger partial charge is 0.231 e. The molecule has 0 aliphatic carbocycles. The van der Waals surface area contributed by atoms with E-state index in [1.807, 2.05) is 24.3 Å². The Balaban J connectivity index is 1.72. The van der Waals surface area contributed by atoms with Gasteiger partial charge in [-0.25, -0.2) is 0 Å². The maximum atomic E-state index is 5.86. The molecule has 1 saturated heterocycles. The number of rotatable bonds is 3. The second kappa shape index (κ2) is 5.31. The number of halogens is 1. The van der Waals surface area contributed by atoms with E-state index in [-0.39, 0.29) is 0 Å². The maximum Gasteiger partial charge on any atom is 0.231 e. The van der Waals surface area contributed by atoms with Crippen LogP contribution in [0.25, 0.3) is 0 Å². The van der Waals surface area contributed by atoms with Gasteiger partial charge in [-0.1, -0.05) is 28.9 Å². The lowest BCUT2D eigenvalue weighted by atomic mass is 10.0. The molecule has 3 rings (SSSR count). The van der Waals surface area contributed by atoms with Crippen LogP contribution >= 0.6 is 11.6 Å². The first-order valence-electron chi connectivity index (χ1n) is 6.52. The zero-order chi connectivity index (χ0) is 13.2. The minimum atomic E-state index is 0.339. The molecule has 0 bridgehead atoms.